The molecule has 0 aliphatic carbocycles. The number of nitro benzene ring substituents is 1. The summed E-state index contributed by atoms with van der Waals surface area (Å²) in [6.45, 7) is 5.55. The van der Waals surface area contributed by atoms with Crippen LogP contribution in [0.1, 0.15) is 37.1 Å². The first-order valence-electron chi connectivity index (χ1n) is 14.1. The summed E-state index contributed by atoms with van der Waals surface area (Å²) in [5, 5.41) is 17.8. The molecule has 43 heavy (non-hydrogen) atoms. The van der Waals surface area contributed by atoms with Gasteiger partial charge >= 0.3 is 0 Å². The molecule has 0 spiro atoms. The van der Waals surface area contributed by atoms with Crippen LogP contribution in [-0.4, -0.2) is 43.0 Å². The lowest BCUT2D eigenvalue weighted by Gasteiger charge is -2.33. The molecule has 0 saturated carbocycles. The first-order valence-corrected chi connectivity index (χ1v) is 14.5. The molecule has 0 bridgehead atoms. The molecule has 11 heteroatoms. The van der Waals surface area contributed by atoms with Gasteiger partial charge in [0.05, 0.1) is 17.7 Å². The Kier molecular flexibility index (Phi) is 10.9. The van der Waals surface area contributed by atoms with Crippen LogP contribution in [0.4, 0.5) is 15.8 Å². The zero-order valence-corrected chi connectivity index (χ0v) is 25.0. The first-order chi connectivity index (χ1) is 20.7. The molecule has 0 aliphatic heterocycles. The van der Waals surface area contributed by atoms with Crippen LogP contribution in [0.5, 0.6) is 0 Å². The summed E-state index contributed by atoms with van der Waals surface area (Å²) in [5.74, 6) is -0.372. The van der Waals surface area contributed by atoms with E-state index in [2.05, 4.69) is 29.5 Å². The summed E-state index contributed by atoms with van der Waals surface area (Å²) in [6, 6.07) is 22.1. The van der Waals surface area contributed by atoms with Crippen molar-refractivity contribution in [2.75, 3.05) is 11.9 Å². The van der Waals surface area contributed by atoms with Crippen LogP contribution in [0.3, 0.4) is 0 Å². The van der Waals surface area contributed by atoms with Crippen molar-refractivity contribution in [1.82, 2.24) is 19.8 Å². The second-order valence-corrected chi connectivity index (χ2v) is 10.9. The third-order valence-electron chi connectivity index (χ3n) is 7.31. The third-order valence-corrected chi connectivity index (χ3v) is 7.67. The molecule has 0 saturated heterocycles. The Balaban J connectivity index is 1.47. The second-order valence-electron chi connectivity index (χ2n) is 10.5. The molecule has 0 aliphatic rings. The second kappa shape index (κ2) is 15.0. The van der Waals surface area contributed by atoms with Gasteiger partial charge in [0.1, 0.15) is 5.82 Å². The van der Waals surface area contributed by atoms with Gasteiger partial charge < -0.3 is 20.1 Å². The Morgan fingerprint density at radius 3 is 2.51 bits per heavy atom. The van der Waals surface area contributed by atoms with Crippen molar-refractivity contribution in [2.45, 2.75) is 45.8 Å². The number of nitrogens with zero attached hydrogens (tertiary/aromatic N) is 4. The van der Waals surface area contributed by atoms with Crippen LogP contribution in [0.15, 0.2) is 91.4 Å². The van der Waals surface area contributed by atoms with Gasteiger partial charge in [-0.1, -0.05) is 68.8 Å². The molecule has 2 atom stereocenters. The Morgan fingerprint density at radius 1 is 1.09 bits per heavy atom. The summed E-state index contributed by atoms with van der Waals surface area (Å²) in [7, 11) is 0. The SMILES string of the molecule is CC[C@H](C)[C@@H](CN(Cc1ccccc1)C(=S)Nc1cccc(F)c1)NC(=O)Cc1cncn1Cc1ccc([N+](=O)[O-])cc1. The highest BCUT2D eigenvalue weighted by molar-refractivity contribution is 7.80. The number of hydrogen-bond donors (Lipinski definition) is 2. The number of hydrogen-bond acceptors (Lipinski definition) is 5. The minimum atomic E-state index is -0.435. The van der Waals surface area contributed by atoms with Gasteiger partial charge in [-0.25, -0.2) is 9.37 Å². The number of benzene rings is 3. The molecule has 4 rings (SSSR count). The minimum Gasteiger partial charge on any atom is -0.351 e. The molecule has 1 amide bonds. The van der Waals surface area contributed by atoms with Gasteiger partial charge in [0.25, 0.3) is 5.69 Å². The molecule has 4 aromatic rings. The number of amides is 1. The fourth-order valence-corrected chi connectivity index (χ4v) is 4.92. The quantitative estimate of drug-likeness (QED) is 0.111. The molecule has 9 nitrogen and oxygen atoms in total. The van der Waals surface area contributed by atoms with E-state index in [-0.39, 0.29) is 35.8 Å². The van der Waals surface area contributed by atoms with Gasteiger partial charge in [0.2, 0.25) is 5.91 Å². The summed E-state index contributed by atoms with van der Waals surface area (Å²) < 4.78 is 15.7. The smallest absolute Gasteiger partial charge is 0.269 e. The molecule has 0 fully saturated rings. The number of carbonyl (C=O) groups excluding carboxylic acids is 1. The topological polar surface area (TPSA) is 105 Å². The van der Waals surface area contributed by atoms with Crippen molar-refractivity contribution < 1.29 is 14.1 Å². The van der Waals surface area contributed by atoms with E-state index < -0.39 is 4.92 Å². The average molecular weight is 603 g/mol. The number of non-ortho nitro benzene ring substituents is 1. The van der Waals surface area contributed by atoms with Gasteiger partial charge in [0.15, 0.2) is 5.11 Å². The van der Waals surface area contributed by atoms with Gasteiger partial charge in [-0.3, -0.25) is 14.9 Å². The summed E-state index contributed by atoms with van der Waals surface area (Å²) in [4.78, 5) is 30.1. The Labute approximate surface area is 255 Å². The van der Waals surface area contributed by atoms with Gasteiger partial charge in [-0.2, -0.15) is 0 Å². The molecule has 1 aromatic heterocycles. The highest BCUT2D eigenvalue weighted by atomic mass is 32.1. The number of aromatic nitrogens is 2. The van der Waals surface area contributed by atoms with Crippen LogP contribution < -0.4 is 10.6 Å². The molecule has 224 valence electrons. The lowest BCUT2D eigenvalue weighted by Crippen LogP contribution is -2.50. The van der Waals surface area contributed by atoms with Gasteiger partial charge in [-0.05, 0) is 47.5 Å². The van der Waals surface area contributed by atoms with Crippen molar-refractivity contribution in [3.63, 3.8) is 0 Å². The van der Waals surface area contributed by atoms with Crippen molar-refractivity contribution in [1.29, 1.82) is 0 Å². The Bertz CT molecular complexity index is 1530. The van der Waals surface area contributed by atoms with Crippen LogP contribution in [-0.2, 0) is 24.3 Å². The van der Waals surface area contributed by atoms with Crippen LogP contribution >= 0.6 is 12.2 Å². The van der Waals surface area contributed by atoms with Crippen LogP contribution in [0, 0.1) is 21.8 Å². The van der Waals surface area contributed by atoms with E-state index >= 15 is 0 Å². The maximum atomic E-state index is 13.8. The van der Waals surface area contributed by atoms with Crippen molar-refractivity contribution in [2.24, 2.45) is 5.92 Å². The summed E-state index contributed by atoms with van der Waals surface area (Å²) >= 11 is 5.78. The van der Waals surface area contributed by atoms with E-state index in [9.17, 15) is 19.3 Å². The minimum absolute atomic E-state index is 0.0250. The Hall–Kier alpha value is -4.64. The number of thiocarbonyl (C=S) groups is 1. The lowest BCUT2D eigenvalue weighted by atomic mass is 9.98. The lowest BCUT2D eigenvalue weighted by molar-refractivity contribution is -0.384. The van der Waals surface area contributed by atoms with E-state index in [1.165, 1.54) is 24.3 Å². The number of imidazole rings is 1. The maximum Gasteiger partial charge on any atom is 0.269 e. The highest BCUT2D eigenvalue weighted by Crippen LogP contribution is 2.17. The first kappa shape index (κ1) is 31.3. The number of carbonyl (C=O) groups is 1. The van der Waals surface area contributed by atoms with E-state index in [4.69, 9.17) is 12.2 Å². The molecule has 2 N–H and O–H groups in total. The standard InChI is InChI=1S/C32H35FN6O3S/c1-3-23(2)30(21-37(19-24-8-5-4-6-9-24)32(43)35-27-11-7-10-26(33)16-27)36-31(40)17-29-18-34-22-38(29)20-25-12-14-28(15-13-25)39(41)42/h4-16,18,22-23,30H,3,17,19-21H2,1-2H3,(H,35,43)(H,36,40)/t23-,30+/m0/s1. The predicted molar refractivity (Wildman–Crippen MR) is 169 cm³/mol. The number of rotatable bonds is 13. The zero-order valence-electron chi connectivity index (χ0n) is 24.2. The molecule has 0 radical (unpaired) electrons. The van der Waals surface area contributed by atoms with Crippen molar-refractivity contribution in [3.8, 4) is 0 Å². The van der Waals surface area contributed by atoms with Crippen LogP contribution in [0.25, 0.3) is 0 Å². The van der Waals surface area contributed by atoms with Gasteiger partial charge in [0, 0.05) is 55.4 Å². The third kappa shape index (κ3) is 9.17. The fourth-order valence-electron chi connectivity index (χ4n) is 4.66. The average Bonchev–Trinajstić information content (AvgIpc) is 3.42. The van der Waals surface area contributed by atoms with E-state index in [1.807, 2.05) is 39.8 Å². The molecule has 0 unspecified atom stereocenters. The summed E-state index contributed by atoms with van der Waals surface area (Å²) in [6.07, 6.45) is 4.26. The molecular formula is C32H35FN6O3S. The highest BCUT2D eigenvalue weighted by Gasteiger charge is 2.24. The largest absolute Gasteiger partial charge is 0.351 e. The summed E-state index contributed by atoms with van der Waals surface area (Å²) in [5.41, 5.74) is 3.21. The van der Waals surface area contributed by atoms with Gasteiger partial charge in [-0.15, -0.1) is 0 Å². The number of nitrogens with one attached hydrogen (secondary N) is 2. The number of anilines is 1. The van der Waals surface area contributed by atoms with Crippen LogP contribution in [0.2, 0.25) is 0 Å². The zero-order chi connectivity index (χ0) is 30.8. The normalized spacial score (nSPS) is 12.3. The molecule has 1 heterocycles. The van der Waals surface area contributed by atoms with E-state index in [0.29, 0.717) is 30.4 Å². The number of halogens is 1. The fraction of sp³-hybridized carbons (Fsp3) is 0.281. The molecular weight excluding hydrogens is 567 g/mol. The molecule has 3 aromatic carbocycles. The van der Waals surface area contributed by atoms with Crippen molar-refractivity contribution in [3.05, 3.63) is 124 Å². The number of nitro groups is 1. The monoisotopic (exact) mass is 602 g/mol. The predicted octanol–water partition coefficient (Wildman–Crippen LogP) is 5.95. The maximum absolute atomic E-state index is 13.8. The van der Waals surface area contributed by atoms with E-state index in [0.717, 1.165) is 23.2 Å². The van der Waals surface area contributed by atoms with Crippen molar-refractivity contribution >= 4 is 34.6 Å². The van der Waals surface area contributed by atoms with E-state index in [1.54, 1.807) is 36.8 Å². The Morgan fingerprint density at radius 2 is 1.84 bits per heavy atom.